The van der Waals surface area contributed by atoms with Crippen LogP contribution in [-0.2, 0) is 22.6 Å². The van der Waals surface area contributed by atoms with Crippen LogP contribution >= 0.6 is 24.0 Å². The van der Waals surface area contributed by atoms with Crippen LogP contribution in [0, 0.1) is 13.8 Å². The number of ether oxygens (including phenoxy) is 2. The molecule has 2 aromatic rings. The monoisotopic (exact) mass is 483 g/mol. The largest absolute Gasteiger partial charge is 0.379 e. The molecular weight excluding hydrogens is 453 g/mol. The summed E-state index contributed by atoms with van der Waals surface area (Å²) in [6, 6.07) is 14.3. The second-order valence-electron chi connectivity index (χ2n) is 6.19. The quantitative estimate of drug-likeness (QED) is 0.240. The van der Waals surface area contributed by atoms with E-state index in [0.29, 0.717) is 38.9 Å². The number of rotatable bonds is 9. The summed E-state index contributed by atoms with van der Waals surface area (Å²) in [6.45, 7) is 9.18. The van der Waals surface area contributed by atoms with E-state index in [2.05, 4.69) is 42.4 Å². The molecule has 2 rings (SSSR count). The highest BCUT2D eigenvalue weighted by Crippen LogP contribution is 2.14. The average molecular weight is 483 g/mol. The second-order valence-corrected chi connectivity index (χ2v) is 6.19. The lowest BCUT2D eigenvalue weighted by Crippen LogP contribution is -2.22. The summed E-state index contributed by atoms with van der Waals surface area (Å²) in [6.07, 6.45) is 0. The lowest BCUT2D eigenvalue weighted by atomic mass is 10.1. The van der Waals surface area contributed by atoms with Crippen molar-refractivity contribution in [2.45, 2.75) is 33.9 Å². The fraction of sp³-hybridized carbons (Fsp3) is 0.381. The Morgan fingerprint density at radius 1 is 1.00 bits per heavy atom. The van der Waals surface area contributed by atoms with Gasteiger partial charge in [-0.1, -0.05) is 30.3 Å². The van der Waals surface area contributed by atoms with E-state index in [1.807, 2.05) is 31.2 Å². The van der Waals surface area contributed by atoms with Crippen LogP contribution < -0.4 is 11.1 Å². The van der Waals surface area contributed by atoms with Gasteiger partial charge in [-0.3, -0.25) is 0 Å². The molecule has 5 nitrogen and oxygen atoms in total. The molecule has 0 radical (unpaired) electrons. The Labute approximate surface area is 179 Å². The van der Waals surface area contributed by atoms with Crippen molar-refractivity contribution in [3.8, 4) is 0 Å². The molecule has 0 saturated carbocycles. The van der Waals surface area contributed by atoms with Crippen molar-refractivity contribution in [2.24, 2.45) is 10.7 Å². The van der Waals surface area contributed by atoms with E-state index in [1.54, 1.807) is 0 Å². The summed E-state index contributed by atoms with van der Waals surface area (Å²) in [4.78, 5) is 4.43. The van der Waals surface area contributed by atoms with Gasteiger partial charge in [0.1, 0.15) is 0 Å². The molecule has 0 saturated heterocycles. The van der Waals surface area contributed by atoms with E-state index >= 15 is 0 Å². The van der Waals surface area contributed by atoms with Crippen LogP contribution in [0.1, 0.15) is 29.2 Å². The molecule has 0 amide bonds. The normalized spacial score (nSPS) is 11.1. The summed E-state index contributed by atoms with van der Waals surface area (Å²) >= 11 is 0. The van der Waals surface area contributed by atoms with E-state index < -0.39 is 0 Å². The molecule has 0 bridgehead atoms. The van der Waals surface area contributed by atoms with Crippen LogP contribution in [0.25, 0.3) is 0 Å². The number of anilines is 1. The summed E-state index contributed by atoms with van der Waals surface area (Å²) in [5.41, 5.74) is 11.7. The molecule has 0 atom stereocenters. The van der Waals surface area contributed by atoms with E-state index in [1.165, 1.54) is 11.1 Å². The Bertz CT molecular complexity index is 735. The maximum absolute atomic E-state index is 6.01. The number of guanidine groups is 1. The van der Waals surface area contributed by atoms with Gasteiger partial charge in [0.05, 0.1) is 26.4 Å². The molecule has 0 fully saturated rings. The van der Waals surface area contributed by atoms with Crippen molar-refractivity contribution < 1.29 is 9.47 Å². The zero-order chi connectivity index (χ0) is 18.8. The van der Waals surface area contributed by atoms with Gasteiger partial charge in [-0.05, 0) is 55.2 Å². The smallest absolute Gasteiger partial charge is 0.193 e. The Kier molecular flexibility index (Phi) is 11.0. The van der Waals surface area contributed by atoms with E-state index in [0.717, 1.165) is 16.8 Å². The zero-order valence-electron chi connectivity index (χ0n) is 16.3. The summed E-state index contributed by atoms with van der Waals surface area (Å²) in [7, 11) is 0. The van der Waals surface area contributed by atoms with Crippen LogP contribution in [0.4, 0.5) is 5.69 Å². The van der Waals surface area contributed by atoms with Crippen molar-refractivity contribution >= 4 is 35.6 Å². The summed E-state index contributed by atoms with van der Waals surface area (Å²) < 4.78 is 10.9. The van der Waals surface area contributed by atoms with Crippen molar-refractivity contribution in [2.75, 3.05) is 25.1 Å². The Morgan fingerprint density at radius 2 is 1.74 bits per heavy atom. The van der Waals surface area contributed by atoms with Gasteiger partial charge < -0.3 is 20.5 Å². The molecule has 6 heteroatoms. The van der Waals surface area contributed by atoms with Gasteiger partial charge in [0, 0.05) is 12.3 Å². The molecule has 148 valence electrons. The average Bonchev–Trinajstić information content (AvgIpc) is 2.63. The standard InChI is InChI=1S/C21H29N3O2.HI/c1-4-25-10-11-26-15-19-7-5-6-18(13-19)14-23-21(22)24-20-9-8-16(2)17(3)12-20;/h5-9,12-13H,4,10-11,14-15H2,1-3H3,(H3,22,23,24);1H. The van der Waals surface area contributed by atoms with E-state index in [-0.39, 0.29) is 24.0 Å². The third-order valence-electron chi connectivity index (χ3n) is 4.05. The minimum Gasteiger partial charge on any atom is -0.379 e. The summed E-state index contributed by atoms with van der Waals surface area (Å²) in [5.74, 6) is 0.409. The fourth-order valence-corrected chi connectivity index (χ4v) is 2.45. The highest BCUT2D eigenvalue weighted by Gasteiger charge is 2.00. The van der Waals surface area contributed by atoms with Gasteiger partial charge in [0.25, 0.3) is 0 Å². The molecule has 0 unspecified atom stereocenters. The number of nitrogens with zero attached hydrogens (tertiary/aromatic N) is 1. The molecular formula is C21H30IN3O2. The zero-order valence-corrected chi connectivity index (χ0v) is 18.7. The highest BCUT2D eigenvalue weighted by atomic mass is 127. The predicted molar refractivity (Wildman–Crippen MR) is 123 cm³/mol. The molecule has 0 aliphatic rings. The van der Waals surface area contributed by atoms with Gasteiger partial charge in [-0.2, -0.15) is 0 Å². The second kappa shape index (κ2) is 12.7. The van der Waals surface area contributed by atoms with Gasteiger partial charge in [0.2, 0.25) is 0 Å². The lowest BCUT2D eigenvalue weighted by molar-refractivity contribution is 0.0453. The topological polar surface area (TPSA) is 68.9 Å². The van der Waals surface area contributed by atoms with Crippen LogP contribution in [0.15, 0.2) is 47.5 Å². The molecule has 0 spiro atoms. The Balaban J connectivity index is 0.00000364. The molecule has 0 heterocycles. The number of halogens is 1. The van der Waals surface area contributed by atoms with Crippen LogP contribution in [0.5, 0.6) is 0 Å². The maximum Gasteiger partial charge on any atom is 0.193 e. The van der Waals surface area contributed by atoms with Gasteiger partial charge >= 0.3 is 0 Å². The lowest BCUT2D eigenvalue weighted by Gasteiger charge is -2.09. The number of hydrogen-bond donors (Lipinski definition) is 2. The van der Waals surface area contributed by atoms with Crippen LogP contribution in [0.2, 0.25) is 0 Å². The number of hydrogen-bond acceptors (Lipinski definition) is 3. The molecule has 0 aromatic heterocycles. The molecule has 3 N–H and O–H groups in total. The first kappa shape index (κ1) is 23.4. The minimum absolute atomic E-state index is 0. The SMILES string of the molecule is CCOCCOCc1cccc(CN=C(N)Nc2ccc(C)c(C)c2)c1.I. The first-order chi connectivity index (χ1) is 12.6. The number of nitrogens with one attached hydrogen (secondary N) is 1. The van der Waals surface area contributed by atoms with E-state index in [9.17, 15) is 0 Å². The fourth-order valence-electron chi connectivity index (χ4n) is 2.45. The van der Waals surface area contributed by atoms with Crippen molar-refractivity contribution in [3.05, 3.63) is 64.7 Å². The van der Waals surface area contributed by atoms with Crippen molar-refractivity contribution in [1.82, 2.24) is 0 Å². The number of benzene rings is 2. The number of aliphatic imine (C=N–C) groups is 1. The molecule has 0 aliphatic heterocycles. The predicted octanol–water partition coefficient (Wildman–Crippen LogP) is 4.40. The van der Waals surface area contributed by atoms with Crippen LogP contribution in [0.3, 0.4) is 0 Å². The first-order valence-corrected chi connectivity index (χ1v) is 8.96. The molecule has 2 aromatic carbocycles. The number of aryl methyl sites for hydroxylation is 2. The van der Waals surface area contributed by atoms with Gasteiger partial charge in [0.15, 0.2) is 5.96 Å². The van der Waals surface area contributed by atoms with Crippen LogP contribution in [-0.4, -0.2) is 25.8 Å². The Morgan fingerprint density at radius 3 is 2.48 bits per heavy atom. The Hall–Kier alpha value is -1.64. The third kappa shape index (κ3) is 8.73. The maximum atomic E-state index is 6.01. The highest BCUT2D eigenvalue weighted by molar-refractivity contribution is 14.0. The minimum atomic E-state index is 0. The first-order valence-electron chi connectivity index (χ1n) is 8.96. The van der Waals surface area contributed by atoms with Crippen molar-refractivity contribution in [1.29, 1.82) is 0 Å². The van der Waals surface area contributed by atoms with Crippen molar-refractivity contribution in [3.63, 3.8) is 0 Å². The summed E-state index contributed by atoms with van der Waals surface area (Å²) in [5, 5.41) is 3.14. The molecule has 0 aliphatic carbocycles. The van der Waals surface area contributed by atoms with Gasteiger partial charge in [-0.15, -0.1) is 24.0 Å². The number of nitrogens with two attached hydrogens (primary N) is 1. The molecule has 27 heavy (non-hydrogen) atoms. The third-order valence-corrected chi connectivity index (χ3v) is 4.05. The van der Waals surface area contributed by atoms with E-state index in [4.69, 9.17) is 15.2 Å². The van der Waals surface area contributed by atoms with Gasteiger partial charge in [-0.25, -0.2) is 4.99 Å².